The van der Waals surface area contributed by atoms with Crippen molar-refractivity contribution in [1.29, 1.82) is 0 Å². The standard InChI is InChI=1S/C16H15F3N4O5S2/c1-4-30(26,27)12-5-9(28-29(3,24)25)7-21-14(12)15-22-10-6-13(16(17,18)19)20-8-11(10)23(15)2/h5-8H,4H2,1-3H3. The summed E-state index contributed by atoms with van der Waals surface area (Å²) in [6, 6.07) is 1.73. The van der Waals surface area contributed by atoms with Gasteiger partial charge in [0.05, 0.1) is 35.4 Å². The molecule has 0 radical (unpaired) electrons. The van der Waals surface area contributed by atoms with Crippen LogP contribution >= 0.6 is 0 Å². The first-order valence-corrected chi connectivity index (χ1v) is 11.7. The fraction of sp³-hybridized carbons (Fsp3) is 0.312. The molecule has 0 spiro atoms. The predicted octanol–water partition coefficient (Wildman–Crippen LogP) is 2.18. The molecule has 9 nitrogen and oxygen atoms in total. The maximum atomic E-state index is 12.9. The highest BCUT2D eigenvalue weighted by Crippen LogP contribution is 2.33. The molecule has 0 unspecified atom stereocenters. The van der Waals surface area contributed by atoms with Crippen molar-refractivity contribution in [1.82, 2.24) is 19.5 Å². The fourth-order valence-electron chi connectivity index (χ4n) is 2.66. The minimum absolute atomic E-state index is 0.0379. The van der Waals surface area contributed by atoms with Crippen molar-refractivity contribution in [2.75, 3.05) is 12.0 Å². The average molecular weight is 464 g/mol. The summed E-state index contributed by atoms with van der Waals surface area (Å²) in [5.41, 5.74) is -1.15. The van der Waals surface area contributed by atoms with Gasteiger partial charge in [0.2, 0.25) is 0 Å². The molecule has 162 valence electrons. The van der Waals surface area contributed by atoms with E-state index in [0.29, 0.717) is 0 Å². The van der Waals surface area contributed by atoms with Gasteiger partial charge in [-0.1, -0.05) is 6.92 Å². The van der Waals surface area contributed by atoms with Crippen LogP contribution in [-0.4, -0.2) is 48.4 Å². The van der Waals surface area contributed by atoms with Gasteiger partial charge in [-0.15, -0.1) is 0 Å². The molecule has 0 aromatic carbocycles. The van der Waals surface area contributed by atoms with E-state index < -0.39 is 31.8 Å². The summed E-state index contributed by atoms with van der Waals surface area (Å²) in [4.78, 5) is 11.1. The molecule has 14 heteroatoms. The van der Waals surface area contributed by atoms with Crippen molar-refractivity contribution in [2.45, 2.75) is 18.0 Å². The smallest absolute Gasteiger partial charge is 0.381 e. The molecule has 0 saturated carbocycles. The van der Waals surface area contributed by atoms with Crippen molar-refractivity contribution in [3.63, 3.8) is 0 Å². The number of fused-ring (bicyclic) bond motifs is 1. The number of aromatic nitrogens is 4. The van der Waals surface area contributed by atoms with Gasteiger partial charge < -0.3 is 8.75 Å². The highest BCUT2D eigenvalue weighted by Gasteiger charge is 2.33. The van der Waals surface area contributed by atoms with E-state index in [1.54, 1.807) is 0 Å². The lowest BCUT2D eigenvalue weighted by molar-refractivity contribution is -0.141. The molecule has 3 rings (SSSR count). The summed E-state index contributed by atoms with van der Waals surface area (Å²) in [7, 11) is -6.41. The number of imidazole rings is 1. The second kappa shape index (κ2) is 7.19. The SMILES string of the molecule is CCS(=O)(=O)c1cc(OS(C)(=O)=O)cnc1-c1nc2cc(C(F)(F)F)ncc2n1C. The van der Waals surface area contributed by atoms with Gasteiger partial charge in [-0.05, 0) is 6.07 Å². The third-order valence-corrected chi connectivity index (χ3v) is 6.30. The topological polar surface area (TPSA) is 121 Å². The Bertz CT molecular complexity index is 1350. The Labute approximate surface area is 169 Å². The van der Waals surface area contributed by atoms with Crippen LogP contribution in [0.2, 0.25) is 0 Å². The number of hydrogen-bond donors (Lipinski definition) is 0. The lowest BCUT2D eigenvalue weighted by Gasteiger charge is -2.11. The van der Waals surface area contributed by atoms with Crippen molar-refractivity contribution < 1.29 is 34.2 Å². The molecule has 30 heavy (non-hydrogen) atoms. The van der Waals surface area contributed by atoms with Gasteiger partial charge >= 0.3 is 16.3 Å². The lowest BCUT2D eigenvalue weighted by atomic mass is 10.3. The van der Waals surface area contributed by atoms with E-state index in [2.05, 4.69) is 15.0 Å². The maximum Gasteiger partial charge on any atom is 0.433 e. The van der Waals surface area contributed by atoms with E-state index in [9.17, 15) is 30.0 Å². The van der Waals surface area contributed by atoms with E-state index in [1.165, 1.54) is 18.5 Å². The van der Waals surface area contributed by atoms with Crippen LogP contribution in [0, 0.1) is 0 Å². The van der Waals surface area contributed by atoms with Crippen molar-refractivity contribution in [3.05, 3.63) is 30.2 Å². The maximum absolute atomic E-state index is 12.9. The van der Waals surface area contributed by atoms with Crippen LogP contribution in [0.3, 0.4) is 0 Å². The molecule has 0 amide bonds. The number of nitrogens with zero attached hydrogens (tertiary/aromatic N) is 4. The molecule has 0 fully saturated rings. The quantitative estimate of drug-likeness (QED) is 0.527. The summed E-state index contributed by atoms with van der Waals surface area (Å²) < 4.78 is 92.7. The predicted molar refractivity (Wildman–Crippen MR) is 99.9 cm³/mol. The molecule has 3 aromatic rings. The van der Waals surface area contributed by atoms with Crippen LogP contribution in [-0.2, 0) is 33.2 Å². The van der Waals surface area contributed by atoms with Gasteiger partial charge in [-0.3, -0.25) is 0 Å². The molecule has 3 heterocycles. The molecule has 0 saturated heterocycles. The molecule has 0 aliphatic carbocycles. The molecule has 0 N–H and O–H groups in total. The van der Waals surface area contributed by atoms with Gasteiger partial charge in [-0.25, -0.2) is 23.4 Å². The van der Waals surface area contributed by atoms with E-state index >= 15 is 0 Å². The lowest BCUT2D eigenvalue weighted by Crippen LogP contribution is -2.11. The van der Waals surface area contributed by atoms with Crippen LogP contribution in [0.15, 0.2) is 29.4 Å². The van der Waals surface area contributed by atoms with Crippen molar-refractivity contribution in [2.24, 2.45) is 7.05 Å². The Balaban J connectivity index is 2.26. The second-order valence-corrected chi connectivity index (χ2v) is 10.1. The Hall–Kier alpha value is -2.74. The normalized spacial score (nSPS) is 13.0. The van der Waals surface area contributed by atoms with Gasteiger partial charge in [0.25, 0.3) is 0 Å². The molecule has 0 atom stereocenters. The van der Waals surface area contributed by atoms with E-state index in [1.807, 2.05) is 0 Å². The molecule has 0 aliphatic heterocycles. The largest absolute Gasteiger partial charge is 0.433 e. The first kappa shape index (κ1) is 22.0. The summed E-state index contributed by atoms with van der Waals surface area (Å²) in [5.74, 6) is -0.703. The molecule has 3 aromatic heterocycles. The zero-order valence-electron chi connectivity index (χ0n) is 15.8. The van der Waals surface area contributed by atoms with Gasteiger partial charge in [0.1, 0.15) is 16.3 Å². The zero-order chi connectivity index (χ0) is 22.5. The zero-order valence-corrected chi connectivity index (χ0v) is 17.4. The summed E-state index contributed by atoms with van der Waals surface area (Å²) >= 11 is 0. The first-order valence-electron chi connectivity index (χ1n) is 8.25. The minimum Gasteiger partial charge on any atom is -0.381 e. The fourth-order valence-corrected chi connectivity index (χ4v) is 4.15. The van der Waals surface area contributed by atoms with Crippen molar-refractivity contribution >= 4 is 31.0 Å². The third-order valence-electron chi connectivity index (χ3n) is 4.06. The number of aryl methyl sites for hydroxylation is 1. The number of pyridine rings is 2. The Morgan fingerprint density at radius 1 is 1.10 bits per heavy atom. The Kier molecular flexibility index (Phi) is 5.27. The van der Waals surface area contributed by atoms with E-state index in [4.69, 9.17) is 4.18 Å². The first-order chi connectivity index (χ1) is 13.7. The van der Waals surface area contributed by atoms with E-state index in [-0.39, 0.29) is 38.9 Å². The number of halogens is 3. The van der Waals surface area contributed by atoms with Crippen LogP contribution in [0.4, 0.5) is 13.2 Å². The van der Waals surface area contributed by atoms with Gasteiger partial charge in [-0.2, -0.15) is 21.6 Å². The number of hydrogen-bond acceptors (Lipinski definition) is 8. The van der Waals surface area contributed by atoms with Crippen LogP contribution in [0.1, 0.15) is 12.6 Å². The minimum atomic E-state index is -4.68. The highest BCUT2D eigenvalue weighted by molar-refractivity contribution is 7.91. The highest BCUT2D eigenvalue weighted by atomic mass is 32.2. The Morgan fingerprint density at radius 2 is 1.77 bits per heavy atom. The van der Waals surface area contributed by atoms with Crippen LogP contribution in [0.5, 0.6) is 5.75 Å². The molecule has 0 bridgehead atoms. The van der Waals surface area contributed by atoms with Gasteiger partial charge in [0.15, 0.2) is 21.4 Å². The number of sulfone groups is 1. The number of rotatable bonds is 5. The molecular weight excluding hydrogens is 449 g/mol. The van der Waals surface area contributed by atoms with E-state index in [0.717, 1.165) is 30.8 Å². The number of alkyl halides is 3. The van der Waals surface area contributed by atoms with Crippen LogP contribution < -0.4 is 4.18 Å². The van der Waals surface area contributed by atoms with Crippen LogP contribution in [0.25, 0.3) is 22.6 Å². The monoisotopic (exact) mass is 464 g/mol. The Morgan fingerprint density at radius 3 is 2.33 bits per heavy atom. The summed E-state index contributed by atoms with van der Waals surface area (Å²) in [5, 5.41) is 0. The van der Waals surface area contributed by atoms with Crippen molar-refractivity contribution in [3.8, 4) is 17.3 Å². The summed E-state index contributed by atoms with van der Waals surface area (Å²) in [6.45, 7) is 1.37. The third kappa shape index (κ3) is 4.23. The van der Waals surface area contributed by atoms with Gasteiger partial charge in [0, 0.05) is 13.1 Å². The molecular formula is C16H15F3N4O5S2. The molecule has 0 aliphatic rings. The summed E-state index contributed by atoms with van der Waals surface area (Å²) in [6.07, 6.45) is -1.93. The average Bonchev–Trinajstić information content (AvgIpc) is 2.96. The second-order valence-electron chi connectivity index (χ2n) is 6.26.